The Morgan fingerprint density at radius 1 is 1.75 bits per heavy atom. The van der Waals surface area contributed by atoms with E-state index in [4.69, 9.17) is 17.3 Å². The lowest BCUT2D eigenvalue weighted by Gasteiger charge is -2.05. The summed E-state index contributed by atoms with van der Waals surface area (Å²) in [4.78, 5) is 11.7. The van der Waals surface area contributed by atoms with Crippen LogP contribution in [0.25, 0.3) is 0 Å². The van der Waals surface area contributed by atoms with Gasteiger partial charge in [-0.1, -0.05) is 11.6 Å². The second kappa shape index (κ2) is 3.89. The van der Waals surface area contributed by atoms with E-state index >= 15 is 0 Å². The van der Waals surface area contributed by atoms with Gasteiger partial charge in [-0.2, -0.15) is 0 Å². The quantitative estimate of drug-likeness (QED) is 0.746. The van der Waals surface area contributed by atoms with Gasteiger partial charge in [0.15, 0.2) is 0 Å². The molecule has 1 atom stereocenters. The van der Waals surface area contributed by atoms with Gasteiger partial charge >= 0.3 is 5.97 Å². The van der Waals surface area contributed by atoms with E-state index in [1.807, 2.05) is 0 Å². The Kier molecular flexibility index (Phi) is 3.08. The van der Waals surface area contributed by atoms with Crippen molar-refractivity contribution in [1.29, 1.82) is 0 Å². The van der Waals surface area contributed by atoms with Crippen LogP contribution in [0.2, 0.25) is 4.34 Å². The summed E-state index contributed by atoms with van der Waals surface area (Å²) in [6, 6.07) is 2.70. The molecule has 0 saturated heterocycles. The molecule has 1 aromatic rings. The second-order valence-corrected chi connectivity index (χ2v) is 3.89. The van der Waals surface area contributed by atoms with E-state index in [9.17, 15) is 4.79 Å². The summed E-state index contributed by atoms with van der Waals surface area (Å²) in [5.41, 5.74) is 5.54. The number of carbonyl (C=O) groups is 1. The molecule has 0 aliphatic rings. The van der Waals surface area contributed by atoms with Crippen molar-refractivity contribution in [3.63, 3.8) is 0 Å². The number of esters is 1. The normalized spacial score (nSPS) is 12.6. The molecule has 1 aromatic heterocycles. The van der Waals surface area contributed by atoms with E-state index in [1.54, 1.807) is 12.1 Å². The highest BCUT2D eigenvalue weighted by molar-refractivity contribution is 7.16. The van der Waals surface area contributed by atoms with Crippen LogP contribution in [0.5, 0.6) is 0 Å². The highest BCUT2D eigenvalue weighted by atomic mass is 35.5. The van der Waals surface area contributed by atoms with E-state index < -0.39 is 12.0 Å². The molecule has 0 aliphatic heterocycles. The second-order valence-electron chi connectivity index (χ2n) is 2.14. The molecule has 2 N–H and O–H groups in total. The molecule has 0 aromatic carbocycles. The lowest BCUT2D eigenvalue weighted by molar-refractivity contribution is -0.142. The minimum absolute atomic E-state index is 0.450. The van der Waals surface area contributed by atoms with Gasteiger partial charge in [-0.25, -0.2) is 4.79 Å². The van der Waals surface area contributed by atoms with Gasteiger partial charge in [-0.3, -0.25) is 0 Å². The summed E-state index contributed by atoms with van der Waals surface area (Å²) in [6.45, 7) is 0. The maximum absolute atomic E-state index is 10.9. The highest BCUT2D eigenvalue weighted by Gasteiger charge is 2.17. The van der Waals surface area contributed by atoms with Gasteiger partial charge in [0.1, 0.15) is 6.04 Å². The molecular formula is C7H8ClNO2S. The molecule has 1 heterocycles. The topological polar surface area (TPSA) is 52.3 Å². The average molecular weight is 206 g/mol. The zero-order valence-corrected chi connectivity index (χ0v) is 7.98. The molecule has 12 heavy (non-hydrogen) atoms. The molecule has 66 valence electrons. The third-order valence-electron chi connectivity index (χ3n) is 1.36. The third kappa shape index (κ3) is 1.97. The monoisotopic (exact) mass is 205 g/mol. The number of carbonyl (C=O) groups excluding carboxylic acids is 1. The van der Waals surface area contributed by atoms with Crippen LogP contribution in [0.4, 0.5) is 0 Å². The molecule has 0 radical (unpaired) electrons. The van der Waals surface area contributed by atoms with Gasteiger partial charge in [0, 0.05) is 4.88 Å². The minimum Gasteiger partial charge on any atom is -0.468 e. The first-order valence-electron chi connectivity index (χ1n) is 3.24. The van der Waals surface area contributed by atoms with Crippen molar-refractivity contribution in [2.45, 2.75) is 6.04 Å². The maximum atomic E-state index is 10.9. The van der Waals surface area contributed by atoms with Crippen LogP contribution in [0.15, 0.2) is 12.1 Å². The van der Waals surface area contributed by atoms with Crippen LogP contribution >= 0.6 is 22.9 Å². The Morgan fingerprint density at radius 2 is 2.42 bits per heavy atom. The van der Waals surface area contributed by atoms with E-state index in [0.29, 0.717) is 9.21 Å². The summed E-state index contributed by atoms with van der Waals surface area (Å²) in [7, 11) is 1.30. The Morgan fingerprint density at radius 3 is 2.83 bits per heavy atom. The van der Waals surface area contributed by atoms with Crippen LogP contribution < -0.4 is 5.73 Å². The van der Waals surface area contributed by atoms with Crippen LogP contribution in [-0.2, 0) is 9.53 Å². The van der Waals surface area contributed by atoms with Gasteiger partial charge in [-0.15, -0.1) is 11.3 Å². The number of thiophene rings is 1. The van der Waals surface area contributed by atoms with Crippen molar-refractivity contribution in [1.82, 2.24) is 0 Å². The number of hydrogen-bond acceptors (Lipinski definition) is 4. The van der Waals surface area contributed by atoms with Crippen molar-refractivity contribution < 1.29 is 9.53 Å². The summed E-state index contributed by atoms with van der Waals surface area (Å²) in [5.74, 6) is -0.450. The number of methoxy groups -OCH3 is 1. The Labute approximate surface area is 79.1 Å². The van der Waals surface area contributed by atoms with E-state index in [-0.39, 0.29) is 0 Å². The highest BCUT2D eigenvalue weighted by Crippen LogP contribution is 2.26. The molecular weight excluding hydrogens is 198 g/mol. The van der Waals surface area contributed by atoms with Gasteiger partial charge in [0.05, 0.1) is 11.4 Å². The average Bonchev–Trinajstić information content (AvgIpc) is 2.49. The first-order chi connectivity index (χ1) is 5.65. The van der Waals surface area contributed by atoms with Crippen molar-refractivity contribution >= 4 is 28.9 Å². The van der Waals surface area contributed by atoms with Crippen molar-refractivity contribution in [2.24, 2.45) is 5.73 Å². The first-order valence-corrected chi connectivity index (χ1v) is 4.43. The fourth-order valence-corrected chi connectivity index (χ4v) is 1.79. The number of rotatable bonds is 2. The first kappa shape index (κ1) is 9.51. The number of ether oxygens (including phenoxy) is 1. The molecule has 0 aliphatic carbocycles. The van der Waals surface area contributed by atoms with Crippen LogP contribution in [0, 0.1) is 0 Å². The van der Waals surface area contributed by atoms with E-state index in [1.165, 1.54) is 18.4 Å². The molecule has 0 fully saturated rings. The molecule has 0 saturated carbocycles. The molecule has 0 bridgehead atoms. The smallest absolute Gasteiger partial charge is 0.328 e. The minimum atomic E-state index is -0.715. The van der Waals surface area contributed by atoms with Crippen molar-refractivity contribution in [3.8, 4) is 0 Å². The Balaban J connectivity index is 2.77. The molecule has 0 amide bonds. The fraction of sp³-hybridized carbons (Fsp3) is 0.286. The van der Waals surface area contributed by atoms with Crippen LogP contribution in [0.1, 0.15) is 10.9 Å². The van der Waals surface area contributed by atoms with Gasteiger partial charge < -0.3 is 10.5 Å². The van der Waals surface area contributed by atoms with Crippen molar-refractivity contribution in [3.05, 3.63) is 21.3 Å². The molecule has 3 nitrogen and oxygen atoms in total. The summed E-state index contributed by atoms with van der Waals surface area (Å²) in [6.07, 6.45) is 0. The molecule has 0 spiro atoms. The predicted molar refractivity (Wildman–Crippen MR) is 48.3 cm³/mol. The standard InChI is InChI=1S/C7H8ClNO2S/c1-11-7(10)6(9)4-2-3-5(8)12-4/h2-3,6H,9H2,1H3. The lowest BCUT2D eigenvalue weighted by atomic mass is 10.3. The number of nitrogens with two attached hydrogens (primary N) is 1. The fourth-order valence-electron chi connectivity index (χ4n) is 0.739. The molecule has 1 unspecified atom stereocenters. The van der Waals surface area contributed by atoms with Crippen molar-refractivity contribution in [2.75, 3.05) is 7.11 Å². The third-order valence-corrected chi connectivity index (χ3v) is 2.67. The number of hydrogen-bond donors (Lipinski definition) is 1. The number of halogens is 1. The molecule has 1 rings (SSSR count). The zero-order chi connectivity index (χ0) is 9.14. The SMILES string of the molecule is COC(=O)C(N)c1ccc(Cl)s1. The maximum Gasteiger partial charge on any atom is 0.328 e. The Bertz CT molecular complexity index is 287. The largest absolute Gasteiger partial charge is 0.468 e. The van der Waals surface area contributed by atoms with Crippen LogP contribution in [-0.4, -0.2) is 13.1 Å². The van der Waals surface area contributed by atoms with Crippen LogP contribution in [0.3, 0.4) is 0 Å². The van der Waals surface area contributed by atoms with E-state index in [0.717, 1.165) is 0 Å². The zero-order valence-electron chi connectivity index (χ0n) is 6.41. The predicted octanol–water partition coefficient (Wildman–Crippen LogP) is 1.57. The Hall–Kier alpha value is -0.580. The summed E-state index contributed by atoms with van der Waals surface area (Å²) in [5, 5.41) is 0. The van der Waals surface area contributed by atoms with Gasteiger partial charge in [0.2, 0.25) is 0 Å². The summed E-state index contributed by atoms with van der Waals surface area (Å²) < 4.78 is 5.09. The summed E-state index contributed by atoms with van der Waals surface area (Å²) >= 11 is 6.94. The lowest BCUT2D eigenvalue weighted by Crippen LogP contribution is -2.21. The molecule has 5 heteroatoms. The van der Waals surface area contributed by atoms with Gasteiger partial charge in [0.25, 0.3) is 0 Å². The van der Waals surface area contributed by atoms with Gasteiger partial charge in [-0.05, 0) is 12.1 Å². The van der Waals surface area contributed by atoms with E-state index in [2.05, 4.69) is 4.74 Å².